The minimum Gasteiger partial charge on any atom is -0.381 e. The lowest BCUT2D eigenvalue weighted by atomic mass is 9.98. The predicted octanol–water partition coefficient (Wildman–Crippen LogP) is 3.53. The van der Waals surface area contributed by atoms with Crippen LogP contribution in [-0.2, 0) is 11.8 Å². The molecule has 144 valence electrons. The third-order valence-electron chi connectivity index (χ3n) is 4.97. The standard InChI is InChI=1S/C19H21N7OS/c1-12-6-18(28-24-12)23-17-7-16(13-4-3-5-27-11-13)22-19-15(9-21-26(17)19)14-8-20-25(2)10-14/h6-10,13,23H,3-5,11H2,1-2H3. The first-order valence-electron chi connectivity index (χ1n) is 9.33. The Labute approximate surface area is 166 Å². The molecule has 4 aromatic heterocycles. The largest absolute Gasteiger partial charge is 0.381 e. The van der Waals surface area contributed by atoms with E-state index in [2.05, 4.69) is 26.0 Å². The summed E-state index contributed by atoms with van der Waals surface area (Å²) in [5.74, 6) is 1.17. The van der Waals surface area contributed by atoms with Crippen LogP contribution in [0.5, 0.6) is 0 Å². The third kappa shape index (κ3) is 3.16. The van der Waals surface area contributed by atoms with Gasteiger partial charge in [-0.3, -0.25) is 4.68 Å². The first-order valence-corrected chi connectivity index (χ1v) is 10.1. The summed E-state index contributed by atoms with van der Waals surface area (Å²) in [6.45, 7) is 3.53. The first-order chi connectivity index (χ1) is 13.7. The van der Waals surface area contributed by atoms with Crippen molar-refractivity contribution in [2.45, 2.75) is 25.7 Å². The molecule has 0 bridgehead atoms. The van der Waals surface area contributed by atoms with E-state index in [0.717, 1.165) is 58.4 Å². The highest BCUT2D eigenvalue weighted by molar-refractivity contribution is 7.10. The van der Waals surface area contributed by atoms with Crippen molar-refractivity contribution in [1.82, 2.24) is 28.8 Å². The molecule has 1 unspecified atom stereocenters. The number of ether oxygens (including phenoxy) is 1. The van der Waals surface area contributed by atoms with Crippen LogP contribution in [0.2, 0.25) is 0 Å². The van der Waals surface area contributed by atoms with E-state index in [-0.39, 0.29) is 0 Å². The van der Waals surface area contributed by atoms with E-state index in [1.54, 1.807) is 4.68 Å². The molecule has 4 aromatic rings. The van der Waals surface area contributed by atoms with E-state index in [9.17, 15) is 0 Å². The topological polar surface area (TPSA) is 82.2 Å². The van der Waals surface area contributed by atoms with Gasteiger partial charge in [0.05, 0.1) is 30.4 Å². The van der Waals surface area contributed by atoms with Gasteiger partial charge < -0.3 is 10.1 Å². The smallest absolute Gasteiger partial charge is 0.165 e. The van der Waals surface area contributed by atoms with Crippen LogP contribution in [0.4, 0.5) is 10.8 Å². The van der Waals surface area contributed by atoms with Crippen molar-refractivity contribution in [1.29, 1.82) is 0 Å². The number of rotatable bonds is 4. The molecule has 1 fully saturated rings. The summed E-state index contributed by atoms with van der Waals surface area (Å²) in [5.41, 5.74) is 4.81. The Kier molecular flexibility index (Phi) is 4.33. The Bertz CT molecular complexity index is 1120. The molecule has 1 aliphatic rings. The molecule has 5 rings (SSSR count). The van der Waals surface area contributed by atoms with Crippen molar-refractivity contribution in [3.05, 3.63) is 42.1 Å². The summed E-state index contributed by atoms with van der Waals surface area (Å²) in [6, 6.07) is 4.12. The summed E-state index contributed by atoms with van der Waals surface area (Å²) in [4.78, 5) is 4.98. The van der Waals surface area contributed by atoms with Gasteiger partial charge in [0.15, 0.2) is 5.65 Å². The summed E-state index contributed by atoms with van der Waals surface area (Å²) >= 11 is 1.44. The minimum absolute atomic E-state index is 0.291. The van der Waals surface area contributed by atoms with Gasteiger partial charge in [-0.1, -0.05) is 0 Å². The average molecular weight is 395 g/mol. The maximum Gasteiger partial charge on any atom is 0.165 e. The van der Waals surface area contributed by atoms with Gasteiger partial charge in [-0.2, -0.15) is 19.1 Å². The van der Waals surface area contributed by atoms with Gasteiger partial charge in [-0.05, 0) is 37.4 Å². The third-order valence-corrected chi connectivity index (χ3v) is 5.76. The SMILES string of the molecule is Cc1cc(Nc2cc(C3CCCOC3)nc3c(-c4cnn(C)c4)cnn23)sn1. The van der Waals surface area contributed by atoms with Gasteiger partial charge >= 0.3 is 0 Å². The Morgan fingerprint density at radius 2 is 2.18 bits per heavy atom. The summed E-state index contributed by atoms with van der Waals surface area (Å²) in [6.07, 6.45) is 7.81. The first kappa shape index (κ1) is 17.3. The predicted molar refractivity (Wildman–Crippen MR) is 108 cm³/mol. The second-order valence-electron chi connectivity index (χ2n) is 7.13. The van der Waals surface area contributed by atoms with Crippen LogP contribution in [0.15, 0.2) is 30.7 Å². The fraction of sp³-hybridized carbons (Fsp3) is 0.368. The van der Waals surface area contributed by atoms with Gasteiger partial charge in [-0.15, -0.1) is 0 Å². The van der Waals surface area contributed by atoms with Crippen molar-refractivity contribution >= 4 is 28.0 Å². The van der Waals surface area contributed by atoms with Crippen LogP contribution in [0, 0.1) is 6.92 Å². The molecule has 28 heavy (non-hydrogen) atoms. The molecule has 1 aliphatic heterocycles. The fourth-order valence-electron chi connectivity index (χ4n) is 3.57. The zero-order valence-corrected chi connectivity index (χ0v) is 16.6. The number of aromatic nitrogens is 6. The lowest BCUT2D eigenvalue weighted by Crippen LogP contribution is -2.17. The molecule has 8 nitrogen and oxygen atoms in total. The molecule has 1 saturated heterocycles. The highest BCUT2D eigenvalue weighted by Gasteiger charge is 2.21. The molecule has 1 atom stereocenters. The molecule has 5 heterocycles. The molecular formula is C19H21N7OS. The number of nitrogens with one attached hydrogen (secondary N) is 1. The molecule has 0 spiro atoms. The van der Waals surface area contributed by atoms with E-state index >= 15 is 0 Å². The number of aryl methyl sites for hydroxylation is 2. The van der Waals surface area contributed by atoms with Crippen LogP contribution < -0.4 is 5.32 Å². The minimum atomic E-state index is 0.291. The van der Waals surface area contributed by atoms with E-state index in [1.807, 2.05) is 43.1 Å². The van der Waals surface area contributed by atoms with Gasteiger partial charge in [-0.25, -0.2) is 4.98 Å². The lowest BCUT2D eigenvalue weighted by Gasteiger charge is -2.22. The quantitative estimate of drug-likeness (QED) is 0.569. The Hall–Kier alpha value is -2.78. The molecular weight excluding hydrogens is 374 g/mol. The van der Waals surface area contributed by atoms with Crippen molar-refractivity contribution in [2.24, 2.45) is 7.05 Å². The maximum atomic E-state index is 5.71. The number of nitrogens with zero attached hydrogens (tertiary/aromatic N) is 6. The molecule has 0 amide bonds. The summed E-state index contributed by atoms with van der Waals surface area (Å²) in [7, 11) is 1.91. The highest BCUT2D eigenvalue weighted by Crippen LogP contribution is 2.32. The van der Waals surface area contributed by atoms with Crippen LogP contribution in [-0.4, -0.2) is 42.0 Å². The Morgan fingerprint density at radius 1 is 1.25 bits per heavy atom. The summed E-state index contributed by atoms with van der Waals surface area (Å²) < 4.78 is 13.7. The van der Waals surface area contributed by atoms with E-state index in [0.29, 0.717) is 12.5 Å². The Balaban J connectivity index is 1.64. The van der Waals surface area contributed by atoms with E-state index < -0.39 is 0 Å². The Morgan fingerprint density at radius 3 is 2.89 bits per heavy atom. The van der Waals surface area contributed by atoms with Crippen molar-refractivity contribution in [2.75, 3.05) is 18.5 Å². The zero-order chi connectivity index (χ0) is 19.1. The second-order valence-corrected chi connectivity index (χ2v) is 7.94. The highest BCUT2D eigenvalue weighted by atomic mass is 32.1. The fourth-order valence-corrected chi connectivity index (χ4v) is 4.23. The molecule has 0 radical (unpaired) electrons. The van der Waals surface area contributed by atoms with Gasteiger partial charge in [0.1, 0.15) is 10.8 Å². The monoisotopic (exact) mass is 395 g/mol. The number of anilines is 2. The van der Waals surface area contributed by atoms with E-state index in [1.165, 1.54) is 11.5 Å². The number of fused-ring (bicyclic) bond motifs is 1. The summed E-state index contributed by atoms with van der Waals surface area (Å²) in [5, 5.41) is 13.3. The van der Waals surface area contributed by atoms with Crippen LogP contribution >= 0.6 is 11.5 Å². The van der Waals surface area contributed by atoms with Gasteiger partial charge in [0.2, 0.25) is 0 Å². The molecule has 0 saturated carbocycles. The van der Waals surface area contributed by atoms with Gasteiger partial charge in [0.25, 0.3) is 0 Å². The normalized spacial score (nSPS) is 17.3. The van der Waals surface area contributed by atoms with Gasteiger partial charge in [0, 0.05) is 43.0 Å². The van der Waals surface area contributed by atoms with Crippen molar-refractivity contribution in [3.8, 4) is 11.1 Å². The van der Waals surface area contributed by atoms with Crippen LogP contribution in [0.3, 0.4) is 0 Å². The number of hydrogen-bond donors (Lipinski definition) is 1. The lowest BCUT2D eigenvalue weighted by molar-refractivity contribution is 0.0794. The molecule has 0 aliphatic carbocycles. The second kappa shape index (κ2) is 6.99. The molecule has 0 aromatic carbocycles. The maximum absolute atomic E-state index is 5.71. The zero-order valence-electron chi connectivity index (χ0n) is 15.8. The van der Waals surface area contributed by atoms with Crippen LogP contribution in [0.25, 0.3) is 16.8 Å². The van der Waals surface area contributed by atoms with Crippen molar-refractivity contribution in [3.63, 3.8) is 0 Å². The number of hydrogen-bond acceptors (Lipinski definition) is 7. The average Bonchev–Trinajstić information content (AvgIpc) is 3.42. The van der Waals surface area contributed by atoms with Crippen molar-refractivity contribution < 1.29 is 4.74 Å². The van der Waals surface area contributed by atoms with Crippen LogP contribution in [0.1, 0.15) is 30.1 Å². The van der Waals surface area contributed by atoms with E-state index in [4.69, 9.17) is 9.72 Å². The molecule has 1 N–H and O–H groups in total. The molecule has 9 heteroatoms.